The van der Waals surface area contributed by atoms with Crippen LogP contribution in [0.15, 0.2) is 12.1 Å². The molecule has 1 aromatic rings. The number of aromatic hydroxyl groups is 1. The average Bonchev–Trinajstić information content (AvgIpc) is 2.11. The summed E-state index contributed by atoms with van der Waals surface area (Å²) in [7, 11) is 0. The summed E-state index contributed by atoms with van der Waals surface area (Å²) in [6.07, 6.45) is 0. The van der Waals surface area contributed by atoms with E-state index in [4.69, 9.17) is 10.8 Å². The van der Waals surface area contributed by atoms with Gasteiger partial charge in [-0.05, 0) is 38.0 Å². The second-order valence-electron chi connectivity index (χ2n) is 4.03. The van der Waals surface area contributed by atoms with E-state index in [1.165, 1.54) is 0 Å². The van der Waals surface area contributed by atoms with Crippen LogP contribution >= 0.6 is 0 Å². The van der Waals surface area contributed by atoms with Gasteiger partial charge in [0.2, 0.25) is 0 Å². The molecule has 0 fully saturated rings. The molecular formula is C11H17NO2. The quantitative estimate of drug-likeness (QED) is 0.663. The molecule has 0 saturated carbocycles. The van der Waals surface area contributed by atoms with Crippen LogP contribution in [0.2, 0.25) is 0 Å². The minimum atomic E-state index is -0.886. The Balaban J connectivity index is 3.29. The van der Waals surface area contributed by atoms with Crippen molar-refractivity contribution in [3.63, 3.8) is 0 Å². The Morgan fingerprint density at radius 1 is 1.29 bits per heavy atom. The monoisotopic (exact) mass is 195 g/mol. The first-order valence-electron chi connectivity index (χ1n) is 4.59. The van der Waals surface area contributed by atoms with Crippen LogP contribution in [-0.4, -0.2) is 16.8 Å². The third-order valence-electron chi connectivity index (χ3n) is 2.56. The smallest absolute Gasteiger partial charge is 0.120 e. The van der Waals surface area contributed by atoms with Gasteiger partial charge >= 0.3 is 0 Å². The van der Waals surface area contributed by atoms with Gasteiger partial charge in [-0.25, -0.2) is 0 Å². The lowest BCUT2D eigenvalue weighted by atomic mass is 9.90. The lowest BCUT2D eigenvalue weighted by molar-refractivity contribution is 0.207. The minimum absolute atomic E-state index is 0.146. The number of rotatable bonds is 2. The number of benzene rings is 1. The molecule has 3 nitrogen and oxygen atoms in total. The molecule has 0 aliphatic rings. The van der Waals surface area contributed by atoms with Crippen LogP contribution in [0, 0.1) is 13.8 Å². The highest BCUT2D eigenvalue weighted by molar-refractivity contribution is 5.44. The van der Waals surface area contributed by atoms with Gasteiger partial charge in [-0.15, -0.1) is 0 Å². The summed E-state index contributed by atoms with van der Waals surface area (Å²) in [6.45, 7) is 5.37. The van der Waals surface area contributed by atoms with Crippen molar-refractivity contribution >= 4 is 0 Å². The summed E-state index contributed by atoms with van der Waals surface area (Å²) < 4.78 is 0. The highest BCUT2D eigenvalue weighted by atomic mass is 16.3. The SMILES string of the molecule is Cc1cc(O)c(C(C)(N)CO)cc1C. The number of aliphatic hydroxyl groups is 1. The van der Waals surface area contributed by atoms with Crippen molar-refractivity contribution in [2.24, 2.45) is 5.73 Å². The number of phenols is 1. The fourth-order valence-corrected chi connectivity index (χ4v) is 1.34. The van der Waals surface area contributed by atoms with Gasteiger partial charge in [-0.2, -0.15) is 0 Å². The number of hydrogen-bond acceptors (Lipinski definition) is 3. The van der Waals surface area contributed by atoms with Crippen LogP contribution in [0.25, 0.3) is 0 Å². The van der Waals surface area contributed by atoms with E-state index in [0.29, 0.717) is 5.56 Å². The van der Waals surface area contributed by atoms with E-state index in [0.717, 1.165) is 11.1 Å². The predicted octanol–water partition coefficient (Wildman–Crippen LogP) is 1.18. The summed E-state index contributed by atoms with van der Waals surface area (Å²) >= 11 is 0. The first-order chi connectivity index (χ1) is 6.38. The van der Waals surface area contributed by atoms with Crippen LogP contribution in [0.1, 0.15) is 23.6 Å². The zero-order valence-electron chi connectivity index (χ0n) is 8.83. The van der Waals surface area contributed by atoms with Crippen molar-refractivity contribution in [3.05, 3.63) is 28.8 Å². The Kier molecular flexibility index (Phi) is 2.83. The maximum absolute atomic E-state index is 9.69. The van der Waals surface area contributed by atoms with Gasteiger partial charge < -0.3 is 15.9 Å². The molecule has 0 bridgehead atoms. The second kappa shape index (κ2) is 3.59. The Morgan fingerprint density at radius 2 is 1.79 bits per heavy atom. The Hall–Kier alpha value is -1.06. The molecule has 0 spiro atoms. The molecule has 1 rings (SSSR count). The fraction of sp³-hybridized carbons (Fsp3) is 0.455. The van der Waals surface area contributed by atoms with E-state index in [1.807, 2.05) is 19.9 Å². The van der Waals surface area contributed by atoms with Crippen molar-refractivity contribution in [2.45, 2.75) is 26.3 Å². The molecule has 0 amide bonds. The molecule has 0 saturated heterocycles. The van der Waals surface area contributed by atoms with Crippen LogP contribution in [-0.2, 0) is 5.54 Å². The van der Waals surface area contributed by atoms with Crippen molar-refractivity contribution in [2.75, 3.05) is 6.61 Å². The molecule has 0 radical (unpaired) electrons. The molecule has 78 valence electrons. The standard InChI is InChI=1S/C11H17NO2/c1-7-4-9(11(3,12)6-13)10(14)5-8(7)2/h4-5,13-14H,6,12H2,1-3H3. The van der Waals surface area contributed by atoms with Gasteiger partial charge in [0.15, 0.2) is 0 Å². The van der Waals surface area contributed by atoms with E-state index in [9.17, 15) is 5.11 Å². The van der Waals surface area contributed by atoms with E-state index in [1.54, 1.807) is 13.0 Å². The number of nitrogens with two attached hydrogens (primary N) is 1. The number of aryl methyl sites for hydroxylation is 2. The fourth-order valence-electron chi connectivity index (χ4n) is 1.34. The molecule has 1 aromatic carbocycles. The van der Waals surface area contributed by atoms with Gasteiger partial charge in [0.1, 0.15) is 5.75 Å². The molecule has 0 aliphatic carbocycles. The molecule has 14 heavy (non-hydrogen) atoms. The summed E-state index contributed by atoms with van der Waals surface area (Å²) in [6, 6.07) is 3.49. The Morgan fingerprint density at radius 3 is 2.29 bits per heavy atom. The first-order valence-corrected chi connectivity index (χ1v) is 4.59. The van der Waals surface area contributed by atoms with Crippen molar-refractivity contribution in [3.8, 4) is 5.75 Å². The summed E-state index contributed by atoms with van der Waals surface area (Å²) in [5.41, 5.74) is 7.62. The van der Waals surface area contributed by atoms with Gasteiger partial charge in [0, 0.05) is 5.56 Å². The van der Waals surface area contributed by atoms with E-state index in [2.05, 4.69) is 0 Å². The molecular weight excluding hydrogens is 178 g/mol. The van der Waals surface area contributed by atoms with Crippen LogP contribution in [0.3, 0.4) is 0 Å². The number of aliphatic hydroxyl groups excluding tert-OH is 1. The highest BCUT2D eigenvalue weighted by Gasteiger charge is 2.23. The molecule has 0 heterocycles. The third kappa shape index (κ3) is 1.89. The van der Waals surface area contributed by atoms with Crippen molar-refractivity contribution in [1.29, 1.82) is 0 Å². The maximum Gasteiger partial charge on any atom is 0.120 e. The molecule has 1 unspecified atom stereocenters. The molecule has 4 N–H and O–H groups in total. The lowest BCUT2D eigenvalue weighted by Gasteiger charge is -2.24. The van der Waals surface area contributed by atoms with Gasteiger partial charge in [0.25, 0.3) is 0 Å². The Labute approximate surface area is 84.2 Å². The van der Waals surface area contributed by atoms with Gasteiger partial charge in [-0.1, -0.05) is 6.07 Å². The molecule has 0 aromatic heterocycles. The summed E-state index contributed by atoms with van der Waals surface area (Å²) in [4.78, 5) is 0. The van der Waals surface area contributed by atoms with Crippen molar-refractivity contribution < 1.29 is 10.2 Å². The maximum atomic E-state index is 9.69. The number of phenolic OH excluding ortho intramolecular Hbond substituents is 1. The number of hydrogen-bond donors (Lipinski definition) is 3. The molecule has 0 aliphatic heterocycles. The second-order valence-corrected chi connectivity index (χ2v) is 4.03. The summed E-state index contributed by atoms with van der Waals surface area (Å²) in [5, 5.41) is 18.8. The zero-order chi connectivity index (χ0) is 10.9. The van der Waals surface area contributed by atoms with Crippen LogP contribution < -0.4 is 5.73 Å². The van der Waals surface area contributed by atoms with Crippen LogP contribution in [0.5, 0.6) is 5.75 Å². The third-order valence-corrected chi connectivity index (χ3v) is 2.56. The normalized spacial score (nSPS) is 15.2. The van der Waals surface area contributed by atoms with Gasteiger partial charge in [0.05, 0.1) is 12.1 Å². The van der Waals surface area contributed by atoms with Gasteiger partial charge in [-0.3, -0.25) is 0 Å². The minimum Gasteiger partial charge on any atom is -0.508 e. The summed E-state index contributed by atoms with van der Waals surface area (Å²) in [5.74, 6) is 0.146. The largest absolute Gasteiger partial charge is 0.508 e. The molecule has 3 heteroatoms. The average molecular weight is 195 g/mol. The van der Waals surface area contributed by atoms with Crippen LogP contribution in [0.4, 0.5) is 0 Å². The van der Waals surface area contributed by atoms with E-state index < -0.39 is 5.54 Å². The predicted molar refractivity (Wildman–Crippen MR) is 56.2 cm³/mol. The molecule has 1 atom stereocenters. The first kappa shape index (κ1) is 11.0. The Bertz CT molecular complexity index is 345. The van der Waals surface area contributed by atoms with Crippen molar-refractivity contribution in [1.82, 2.24) is 0 Å². The zero-order valence-corrected chi connectivity index (χ0v) is 8.83. The van der Waals surface area contributed by atoms with E-state index >= 15 is 0 Å². The lowest BCUT2D eigenvalue weighted by Crippen LogP contribution is -2.37. The van der Waals surface area contributed by atoms with E-state index in [-0.39, 0.29) is 12.4 Å². The topological polar surface area (TPSA) is 66.5 Å². The highest BCUT2D eigenvalue weighted by Crippen LogP contribution is 2.29.